The molecule has 1 saturated carbocycles. The molecule has 2 amide bonds. The Kier molecular flexibility index (Phi) is 4.61. The van der Waals surface area contributed by atoms with Crippen molar-refractivity contribution in [3.8, 4) is 0 Å². The van der Waals surface area contributed by atoms with Crippen LogP contribution in [0.4, 0.5) is 4.79 Å². The minimum Gasteiger partial charge on any atom is -0.478 e. The molecular formula is C15H20N2O3. The Hall–Kier alpha value is -2.04. The lowest BCUT2D eigenvalue weighted by atomic mass is 9.93. The minimum absolute atomic E-state index is 0.0810. The van der Waals surface area contributed by atoms with E-state index in [1.807, 2.05) is 6.07 Å². The number of carbonyl (C=O) groups is 2. The minimum atomic E-state index is -0.929. The normalized spacial score (nSPS) is 14.4. The Balaban J connectivity index is 1.87. The van der Waals surface area contributed by atoms with E-state index >= 15 is 0 Å². The number of nitrogens with zero attached hydrogens (tertiary/aromatic N) is 1. The van der Waals surface area contributed by atoms with Crippen molar-refractivity contribution < 1.29 is 14.7 Å². The first-order valence-corrected chi connectivity index (χ1v) is 6.90. The topological polar surface area (TPSA) is 69.6 Å². The highest BCUT2D eigenvalue weighted by atomic mass is 16.4. The van der Waals surface area contributed by atoms with Gasteiger partial charge in [0.2, 0.25) is 0 Å². The van der Waals surface area contributed by atoms with Crippen molar-refractivity contribution in [1.29, 1.82) is 0 Å². The number of carboxylic acid groups (broad SMARTS) is 1. The highest BCUT2D eigenvalue weighted by Gasteiger charge is 2.21. The van der Waals surface area contributed by atoms with Gasteiger partial charge in [-0.3, -0.25) is 0 Å². The molecule has 0 spiro atoms. The molecule has 1 aliphatic carbocycles. The van der Waals surface area contributed by atoms with E-state index < -0.39 is 5.97 Å². The highest BCUT2D eigenvalue weighted by Crippen LogP contribution is 2.18. The number of urea groups is 1. The Labute approximate surface area is 118 Å². The lowest BCUT2D eigenvalue weighted by Gasteiger charge is -2.29. The molecule has 0 saturated heterocycles. The van der Waals surface area contributed by atoms with Crippen molar-refractivity contribution in [2.24, 2.45) is 0 Å². The zero-order valence-electron chi connectivity index (χ0n) is 11.6. The summed E-state index contributed by atoms with van der Waals surface area (Å²) < 4.78 is 0. The molecule has 2 rings (SSSR count). The van der Waals surface area contributed by atoms with Crippen molar-refractivity contribution in [2.75, 3.05) is 13.6 Å². The molecule has 1 aromatic rings. The third-order valence-corrected chi connectivity index (χ3v) is 3.74. The molecule has 0 unspecified atom stereocenters. The summed E-state index contributed by atoms with van der Waals surface area (Å²) in [5.41, 5.74) is 1.06. The number of carboxylic acids is 1. The van der Waals surface area contributed by atoms with Crippen LogP contribution < -0.4 is 5.32 Å². The van der Waals surface area contributed by atoms with Crippen LogP contribution in [0.25, 0.3) is 0 Å². The van der Waals surface area contributed by atoms with E-state index in [0.29, 0.717) is 24.6 Å². The van der Waals surface area contributed by atoms with Gasteiger partial charge in [-0.1, -0.05) is 18.2 Å². The number of aromatic carboxylic acids is 1. The summed E-state index contributed by atoms with van der Waals surface area (Å²) in [5.74, 6) is -0.929. The van der Waals surface area contributed by atoms with Crippen molar-refractivity contribution >= 4 is 12.0 Å². The average Bonchev–Trinajstić information content (AvgIpc) is 2.40. The maximum absolute atomic E-state index is 11.9. The number of benzene rings is 1. The zero-order valence-corrected chi connectivity index (χ0v) is 11.6. The summed E-state index contributed by atoms with van der Waals surface area (Å²) in [7, 11) is 1.73. The number of amides is 2. The molecule has 0 aliphatic heterocycles. The first-order chi connectivity index (χ1) is 9.58. The van der Waals surface area contributed by atoms with E-state index in [9.17, 15) is 9.59 Å². The number of hydrogen-bond donors (Lipinski definition) is 2. The van der Waals surface area contributed by atoms with Crippen LogP contribution >= 0.6 is 0 Å². The van der Waals surface area contributed by atoms with Crippen LogP contribution in [-0.2, 0) is 6.42 Å². The standard InChI is InChI=1S/C15H20N2O3/c1-17(15(20)16-12-6-4-7-12)10-9-11-5-2-3-8-13(11)14(18)19/h2-3,5,8,12H,4,6-7,9-10H2,1H3,(H,16,20)(H,18,19). The molecule has 5 heteroatoms. The molecule has 108 valence electrons. The molecule has 5 nitrogen and oxygen atoms in total. The predicted molar refractivity (Wildman–Crippen MR) is 75.9 cm³/mol. The molecule has 1 fully saturated rings. The Morgan fingerprint density at radius 3 is 2.65 bits per heavy atom. The molecule has 0 aromatic heterocycles. The van der Waals surface area contributed by atoms with Gasteiger partial charge in [0.1, 0.15) is 0 Å². The van der Waals surface area contributed by atoms with Crippen molar-refractivity contribution in [2.45, 2.75) is 31.7 Å². The van der Waals surface area contributed by atoms with Crippen LogP contribution in [0.3, 0.4) is 0 Å². The summed E-state index contributed by atoms with van der Waals surface area (Å²) in [6.07, 6.45) is 3.83. The van der Waals surface area contributed by atoms with Crippen molar-refractivity contribution in [3.05, 3.63) is 35.4 Å². The second-order valence-electron chi connectivity index (χ2n) is 5.21. The Morgan fingerprint density at radius 1 is 1.35 bits per heavy atom. The van der Waals surface area contributed by atoms with Crippen LogP contribution in [0.15, 0.2) is 24.3 Å². The van der Waals surface area contributed by atoms with Gasteiger partial charge in [-0.05, 0) is 37.3 Å². The molecule has 0 atom stereocenters. The van der Waals surface area contributed by atoms with Crippen LogP contribution in [0.1, 0.15) is 35.2 Å². The van der Waals surface area contributed by atoms with Crippen LogP contribution in [-0.4, -0.2) is 41.6 Å². The number of carbonyl (C=O) groups excluding carboxylic acids is 1. The van der Waals surface area contributed by atoms with Gasteiger partial charge in [0, 0.05) is 19.6 Å². The quantitative estimate of drug-likeness (QED) is 0.865. The third-order valence-electron chi connectivity index (χ3n) is 3.74. The summed E-state index contributed by atoms with van der Waals surface area (Å²) >= 11 is 0. The molecule has 1 aromatic carbocycles. The van der Waals surface area contributed by atoms with Gasteiger partial charge in [0.05, 0.1) is 5.56 Å². The molecule has 2 N–H and O–H groups in total. The molecule has 0 radical (unpaired) electrons. The Bertz CT molecular complexity index is 498. The second kappa shape index (κ2) is 6.41. The molecule has 20 heavy (non-hydrogen) atoms. The van der Waals surface area contributed by atoms with Crippen molar-refractivity contribution in [1.82, 2.24) is 10.2 Å². The fourth-order valence-electron chi connectivity index (χ4n) is 2.17. The van der Waals surface area contributed by atoms with E-state index in [1.54, 1.807) is 30.1 Å². The molecule has 1 aliphatic rings. The molecule has 0 heterocycles. The molecular weight excluding hydrogens is 256 g/mol. The van der Waals surface area contributed by atoms with E-state index in [4.69, 9.17) is 5.11 Å². The lowest BCUT2D eigenvalue weighted by Crippen LogP contribution is -2.46. The second-order valence-corrected chi connectivity index (χ2v) is 5.21. The first-order valence-electron chi connectivity index (χ1n) is 6.90. The van der Waals surface area contributed by atoms with Crippen LogP contribution in [0.5, 0.6) is 0 Å². The van der Waals surface area contributed by atoms with Gasteiger partial charge in [-0.2, -0.15) is 0 Å². The first kappa shape index (κ1) is 14.4. The fraction of sp³-hybridized carbons (Fsp3) is 0.467. The van der Waals surface area contributed by atoms with Gasteiger partial charge in [-0.15, -0.1) is 0 Å². The van der Waals surface area contributed by atoms with E-state index in [-0.39, 0.29) is 6.03 Å². The van der Waals surface area contributed by atoms with E-state index in [2.05, 4.69) is 5.32 Å². The van der Waals surface area contributed by atoms with Gasteiger partial charge in [0.25, 0.3) is 0 Å². The third kappa shape index (κ3) is 3.50. The maximum atomic E-state index is 11.9. The lowest BCUT2D eigenvalue weighted by molar-refractivity contribution is 0.0695. The number of hydrogen-bond acceptors (Lipinski definition) is 2. The highest BCUT2D eigenvalue weighted by molar-refractivity contribution is 5.89. The van der Waals surface area contributed by atoms with Gasteiger partial charge < -0.3 is 15.3 Å². The molecule has 0 bridgehead atoms. The predicted octanol–water partition coefficient (Wildman–Crippen LogP) is 2.12. The number of likely N-dealkylation sites (N-methyl/N-ethyl adjacent to an activating group) is 1. The average molecular weight is 276 g/mol. The Morgan fingerprint density at radius 2 is 2.05 bits per heavy atom. The summed E-state index contributed by atoms with van der Waals surface area (Å²) in [5, 5.41) is 12.1. The van der Waals surface area contributed by atoms with Gasteiger partial charge in [0.15, 0.2) is 0 Å². The number of nitrogens with one attached hydrogen (secondary N) is 1. The monoisotopic (exact) mass is 276 g/mol. The van der Waals surface area contributed by atoms with E-state index in [0.717, 1.165) is 18.4 Å². The van der Waals surface area contributed by atoms with Gasteiger partial charge in [-0.25, -0.2) is 9.59 Å². The fourth-order valence-corrected chi connectivity index (χ4v) is 2.17. The van der Waals surface area contributed by atoms with Crippen LogP contribution in [0.2, 0.25) is 0 Å². The SMILES string of the molecule is CN(CCc1ccccc1C(=O)O)C(=O)NC1CCC1. The van der Waals surface area contributed by atoms with Gasteiger partial charge >= 0.3 is 12.0 Å². The number of rotatable bonds is 5. The van der Waals surface area contributed by atoms with E-state index in [1.165, 1.54) is 6.42 Å². The summed E-state index contributed by atoms with van der Waals surface area (Å²) in [6.45, 7) is 0.503. The zero-order chi connectivity index (χ0) is 14.5. The summed E-state index contributed by atoms with van der Waals surface area (Å²) in [4.78, 5) is 24.6. The smallest absolute Gasteiger partial charge is 0.335 e. The van der Waals surface area contributed by atoms with Crippen molar-refractivity contribution in [3.63, 3.8) is 0 Å². The maximum Gasteiger partial charge on any atom is 0.335 e. The largest absolute Gasteiger partial charge is 0.478 e. The van der Waals surface area contributed by atoms with Crippen LogP contribution in [0, 0.1) is 0 Å². The summed E-state index contributed by atoms with van der Waals surface area (Å²) in [6, 6.07) is 7.14.